The first kappa shape index (κ1) is 20.3. The number of aromatic nitrogens is 1. The molecule has 0 spiro atoms. The highest BCUT2D eigenvalue weighted by Gasteiger charge is 2.23. The summed E-state index contributed by atoms with van der Waals surface area (Å²) in [5, 5.41) is 1.21. The van der Waals surface area contributed by atoms with Crippen LogP contribution in [0.15, 0.2) is 54.4 Å². The number of ketones is 1. The van der Waals surface area contributed by atoms with E-state index in [4.69, 9.17) is 0 Å². The summed E-state index contributed by atoms with van der Waals surface area (Å²) in [6.07, 6.45) is 7.99. The van der Waals surface area contributed by atoms with Crippen LogP contribution in [0.4, 0.5) is 0 Å². The zero-order valence-corrected chi connectivity index (χ0v) is 17.6. The Labute approximate surface area is 159 Å². The standard InChI is InChI=1S/C23H31NOSi/c1-5-6-7-8-11-22(21-15-13-20(14-16-21)19(2)25)18-26(3,4)23-12-9-10-17-24-23/h9-10,12-18H,5-8,11H2,1-4H3/b22-18+. The quantitative estimate of drug-likeness (QED) is 0.320. The Morgan fingerprint density at radius 2 is 1.69 bits per heavy atom. The first-order chi connectivity index (χ1) is 12.4. The molecular formula is C23H31NOSi. The average molecular weight is 366 g/mol. The largest absolute Gasteiger partial charge is 0.295 e. The van der Waals surface area contributed by atoms with Gasteiger partial charge in [-0.15, -0.1) is 0 Å². The van der Waals surface area contributed by atoms with E-state index in [-0.39, 0.29) is 5.78 Å². The number of hydrogen-bond acceptors (Lipinski definition) is 2. The fourth-order valence-corrected chi connectivity index (χ4v) is 5.48. The lowest BCUT2D eigenvalue weighted by Gasteiger charge is -2.20. The van der Waals surface area contributed by atoms with Crippen LogP contribution in [0.25, 0.3) is 5.57 Å². The maximum Gasteiger partial charge on any atom is 0.159 e. The highest BCUT2D eigenvalue weighted by molar-refractivity contribution is 6.94. The van der Waals surface area contributed by atoms with Crippen LogP contribution in [0.5, 0.6) is 0 Å². The van der Waals surface area contributed by atoms with Crippen molar-refractivity contribution >= 4 is 24.7 Å². The van der Waals surface area contributed by atoms with Crippen LogP contribution in [0.2, 0.25) is 13.1 Å². The minimum atomic E-state index is -1.77. The smallest absolute Gasteiger partial charge is 0.159 e. The summed E-state index contributed by atoms with van der Waals surface area (Å²) < 4.78 is 0. The summed E-state index contributed by atoms with van der Waals surface area (Å²) in [6.45, 7) is 8.57. The highest BCUT2D eigenvalue weighted by atomic mass is 28.3. The van der Waals surface area contributed by atoms with Crippen molar-refractivity contribution < 1.29 is 4.79 Å². The van der Waals surface area contributed by atoms with Gasteiger partial charge in [-0.3, -0.25) is 9.78 Å². The number of nitrogens with zero attached hydrogens (tertiary/aromatic N) is 1. The third-order valence-corrected chi connectivity index (χ3v) is 7.51. The molecule has 1 aromatic heterocycles. The SMILES string of the molecule is CCCCCC/C(=C\[Si](C)(C)c1ccccn1)c1ccc(C(C)=O)cc1. The van der Waals surface area contributed by atoms with E-state index in [2.05, 4.69) is 55.0 Å². The van der Waals surface area contributed by atoms with Gasteiger partial charge < -0.3 is 0 Å². The predicted octanol–water partition coefficient (Wildman–Crippen LogP) is 5.79. The molecule has 1 aromatic carbocycles. The number of carbonyl (C=O) groups is 1. The molecule has 26 heavy (non-hydrogen) atoms. The van der Waals surface area contributed by atoms with Gasteiger partial charge in [0.25, 0.3) is 0 Å². The highest BCUT2D eigenvalue weighted by Crippen LogP contribution is 2.25. The van der Waals surface area contributed by atoms with Crippen molar-refractivity contribution in [2.45, 2.75) is 59.0 Å². The Morgan fingerprint density at radius 1 is 1.00 bits per heavy atom. The van der Waals surface area contributed by atoms with E-state index in [1.807, 2.05) is 24.4 Å². The number of benzene rings is 1. The van der Waals surface area contributed by atoms with Gasteiger partial charge in [0.15, 0.2) is 5.78 Å². The third kappa shape index (κ3) is 5.77. The topological polar surface area (TPSA) is 30.0 Å². The molecule has 0 N–H and O–H groups in total. The van der Waals surface area contributed by atoms with E-state index >= 15 is 0 Å². The molecule has 138 valence electrons. The molecule has 0 aliphatic rings. The van der Waals surface area contributed by atoms with Crippen molar-refractivity contribution in [2.24, 2.45) is 0 Å². The fourth-order valence-electron chi connectivity index (χ4n) is 3.21. The summed E-state index contributed by atoms with van der Waals surface area (Å²) in [4.78, 5) is 16.2. The maximum atomic E-state index is 11.6. The van der Waals surface area contributed by atoms with E-state index < -0.39 is 8.07 Å². The molecule has 0 atom stereocenters. The van der Waals surface area contributed by atoms with Gasteiger partial charge in [-0.25, -0.2) is 0 Å². The number of carbonyl (C=O) groups excluding carboxylic acids is 1. The molecule has 0 bridgehead atoms. The first-order valence-electron chi connectivity index (χ1n) is 9.68. The Balaban J connectivity index is 2.31. The predicted molar refractivity (Wildman–Crippen MR) is 115 cm³/mol. The van der Waals surface area contributed by atoms with Crippen molar-refractivity contribution in [3.8, 4) is 0 Å². The lowest BCUT2D eigenvalue weighted by molar-refractivity contribution is 0.101. The molecule has 0 radical (unpaired) electrons. The van der Waals surface area contributed by atoms with Gasteiger partial charge in [0.2, 0.25) is 0 Å². The maximum absolute atomic E-state index is 11.6. The van der Waals surface area contributed by atoms with Crippen LogP contribution in [0.1, 0.15) is 61.9 Å². The molecular weight excluding hydrogens is 334 g/mol. The normalized spacial score (nSPS) is 12.2. The van der Waals surface area contributed by atoms with E-state index in [9.17, 15) is 4.79 Å². The van der Waals surface area contributed by atoms with Crippen LogP contribution in [0.3, 0.4) is 0 Å². The van der Waals surface area contributed by atoms with E-state index in [1.165, 1.54) is 42.1 Å². The average Bonchev–Trinajstić information content (AvgIpc) is 2.65. The third-order valence-electron chi connectivity index (χ3n) is 4.82. The van der Waals surface area contributed by atoms with Crippen LogP contribution >= 0.6 is 0 Å². The summed E-state index contributed by atoms with van der Waals surface area (Å²) in [5.41, 5.74) is 5.91. The van der Waals surface area contributed by atoms with E-state index in [0.29, 0.717) is 0 Å². The molecule has 0 aliphatic heterocycles. The molecule has 0 saturated carbocycles. The molecule has 0 amide bonds. The zero-order chi connectivity index (χ0) is 19.0. The molecule has 0 fully saturated rings. The number of rotatable bonds is 9. The fraction of sp³-hybridized carbons (Fsp3) is 0.391. The minimum absolute atomic E-state index is 0.119. The first-order valence-corrected chi connectivity index (χ1v) is 12.8. The Hall–Kier alpha value is -2.00. The van der Waals surface area contributed by atoms with Crippen LogP contribution in [-0.4, -0.2) is 18.8 Å². The molecule has 2 rings (SSSR count). The second-order valence-electron chi connectivity index (χ2n) is 7.55. The number of Topliss-reactive ketones (excluding diaryl/α,β-unsaturated/α-hetero) is 1. The molecule has 0 saturated heterocycles. The minimum Gasteiger partial charge on any atom is -0.295 e. The van der Waals surface area contributed by atoms with Crippen molar-refractivity contribution in [3.05, 3.63) is 65.5 Å². The monoisotopic (exact) mass is 365 g/mol. The number of unbranched alkanes of at least 4 members (excludes halogenated alkanes) is 3. The van der Waals surface area contributed by atoms with Crippen LogP contribution < -0.4 is 5.32 Å². The molecule has 0 unspecified atom stereocenters. The van der Waals surface area contributed by atoms with Crippen LogP contribution in [-0.2, 0) is 0 Å². The van der Waals surface area contributed by atoms with Gasteiger partial charge in [-0.05, 0) is 43.0 Å². The molecule has 3 heteroatoms. The van der Waals surface area contributed by atoms with E-state index in [1.54, 1.807) is 6.92 Å². The van der Waals surface area contributed by atoms with Gasteiger partial charge in [0, 0.05) is 17.1 Å². The Morgan fingerprint density at radius 3 is 2.27 bits per heavy atom. The summed E-state index contributed by atoms with van der Waals surface area (Å²) in [6, 6.07) is 14.3. The van der Waals surface area contributed by atoms with Crippen molar-refractivity contribution in [2.75, 3.05) is 0 Å². The molecule has 0 aliphatic carbocycles. The summed E-state index contributed by atoms with van der Waals surface area (Å²) >= 11 is 0. The van der Waals surface area contributed by atoms with Gasteiger partial charge in [-0.1, -0.05) is 75.3 Å². The second-order valence-corrected chi connectivity index (χ2v) is 11.8. The van der Waals surface area contributed by atoms with Gasteiger partial charge >= 0.3 is 0 Å². The van der Waals surface area contributed by atoms with Gasteiger partial charge in [0.1, 0.15) is 8.07 Å². The second kappa shape index (κ2) is 9.63. The zero-order valence-electron chi connectivity index (χ0n) is 16.6. The molecule has 2 nitrogen and oxygen atoms in total. The van der Waals surface area contributed by atoms with Crippen LogP contribution in [0, 0.1) is 0 Å². The number of pyridine rings is 1. The van der Waals surface area contributed by atoms with Crippen molar-refractivity contribution in [1.82, 2.24) is 4.98 Å². The van der Waals surface area contributed by atoms with Gasteiger partial charge in [-0.2, -0.15) is 0 Å². The van der Waals surface area contributed by atoms with Crippen molar-refractivity contribution in [3.63, 3.8) is 0 Å². The Kier molecular flexibility index (Phi) is 7.52. The van der Waals surface area contributed by atoms with E-state index in [0.717, 1.165) is 12.0 Å². The molecule has 2 aromatic rings. The number of allylic oxidation sites excluding steroid dienone is 1. The lowest BCUT2D eigenvalue weighted by Crippen LogP contribution is -2.41. The number of hydrogen-bond donors (Lipinski definition) is 0. The summed E-state index contributed by atoms with van der Waals surface area (Å²) in [7, 11) is -1.77. The Bertz CT molecular complexity index is 733. The van der Waals surface area contributed by atoms with Crippen molar-refractivity contribution in [1.29, 1.82) is 0 Å². The molecule has 1 heterocycles. The van der Waals surface area contributed by atoms with Gasteiger partial charge in [0.05, 0.1) is 0 Å². The lowest BCUT2D eigenvalue weighted by atomic mass is 9.99. The summed E-state index contributed by atoms with van der Waals surface area (Å²) in [5.74, 6) is 0.119.